The average Bonchev–Trinajstić information content (AvgIpc) is 2.26. The summed E-state index contributed by atoms with van der Waals surface area (Å²) in [7, 11) is 0. The molecule has 0 aliphatic heterocycles. The third-order valence-electron chi connectivity index (χ3n) is 2.84. The van der Waals surface area contributed by atoms with Crippen LogP contribution in [-0.4, -0.2) is 17.1 Å². The highest BCUT2D eigenvalue weighted by Crippen LogP contribution is 2.28. The molecule has 19 heavy (non-hydrogen) atoms. The molecule has 4 nitrogen and oxygen atoms in total. The number of carbonyl (C=O) groups is 1. The van der Waals surface area contributed by atoms with Crippen LogP contribution in [0.15, 0.2) is 24.3 Å². The number of aliphatic hydroxyl groups excluding tert-OH is 1. The fourth-order valence-electron chi connectivity index (χ4n) is 1.71. The Labute approximate surface area is 120 Å². The van der Waals surface area contributed by atoms with E-state index in [1.807, 2.05) is 32.9 Å². The first kappa shape index (κ1) is 17.9. The lowest BCUT2D eigenvalue weighted by atomic mass is 9.82. The summed E-state index contributed by atoms with van der Waals surface area (Å²) in [4.78, 5) is 10.9. The van der Waals surface area contributed by atoms with E-state index >= 15 is 0 Å². The van der Waals surface area contributed by atoms with Crippen molar-refractivity contribution in [3.8, 4) is 0 Å². The molecule has 0 aliphatic rings. The molecule has 4 N–H and O–H groups in total. The molecule has 0 saturated carbocycles. The van der Waals surface area contributed by atoms with Crippen molar-refractivity contribution in [2.75, 3.05) is 5.32 Å². The van der Waals surface area contributed by atoms with Gasteiger partial charge in [0.1, 0.15) is 0 Å². The zero-order valence-corrected chi connectivity index (χ0v) is 12.6. The van der Waals surface area contributed by atoms with Crippen LogP contribution in [-0.2, 0) is 4.79 Å². The molecular formula is C14H23ClN2O2. The summed E-state index contributed by atoms with van der Waals surface area (Å²) in [6.07, 6.45) is -0.621. The van der Waals surface area contributed by atoms with E-state index in [1.165, 1.54) is 6.92 Å². The predicted molar refractivity (Wildman–Crippen MR) is 80.4 cm³/mol. The molecule has 1 aromatic rings. The second kappa shape index (κ2) is 6.89. The minimum absolute atomic E-state index is 0. The number of amides is 1. The zero-order chi connectivity index (χ0) is 13.9. The average molecular weight is 287 g/mol. The second-order valence-electron chi connectivity index (χ2n) is 5.64. The van der Waals surface area contributed by atoms with E-state index in [2.05, 4.69) is 5.32 Å². The van der Waals surface area contributed by atoms with Crippen molar-refractivity contribution in [2.45, 2.75) is 39.8 Å². The van der Waals surface area contributed by atoms with Crippen molar-refractivity contribution in [2.24, 2.45) is 11.1 Å². The van der Waals surface area contributed by atoms with Gasteiger partial charge in [-0.1, -0.05) is 32.9 Å². The Hall–Kier alpha value is -1.10. The first-order valence-electron chi connectivity index (χ1n) is 6.03. The van der Waals surface area contributed by atoms with E-state index in [1.54, 1.807) is 12.1 Å². The van der Waals surface area contributed by atoms with Gasteiger partial charge in [0.15, 0.2) is 0 Å². The van der Waals surface area contributed by atoms with Crippen molar-refractivity contribution < 1.29 is 9.90 Å². The Morgan fingerprint density at radius 1 is 1.26 bits per heavy atom. The molecule has 2 atom stereocenters. The highest BCUT2D eigenvalue weighted by molar-refractivity contribution is 5.88. The van der Waals surface area contributed by atoms with Crippen LogP contribution in [0.5, 0.6) is 0 Å². The molecule has 1 rings (SSSR count). The van der Waals surface area contributed by atoms with Crippen molar-refractivity contribution in [1.29, 1.82) is 0 Å². The van der Waals surface area contributed by atoms with Gasteiger partial charge in [0, 0.05) is 12.6 Å². The van der Waals surface area contributed by atoms with E-state index in [0.717, 1.165) is 11.3 Å². The number of nitrogens with one attached hydrogen (secondary N) is 1. The van der Waals surface area contributed by atoms with Crippen LogP contribution < -0.4 is 11.1 Å². The first-order valence-corrected chi connectivity index (χ1v) is 6.03. The first-order chi connectivity index (χ1) is 8.21. The third-order valence-corrected chi connectivity index (χ3v) is 2.84. The highest BCUT2D eigenvalue weighted by atomic mass is 35.5. The number of hydrogen-bond acceptors (Lipinski definition) is 3. The molecule has 0 unspecified atom stereocenters. The van der Waals surface area contributed by atoms with Gasteiger partial charge in [-0.3, -0.25) is 4.79 Å². The van der Waals surface area contributed by atoms with Gasteiger partial charge >= 0.3 is 0 Å². The molecule has 0 bridgehead atoms. The number of aliphatic hydroxyl groups is 1. The van der Waals surface area contributed by atoms with Gasteiger partial charge in [-0.05, 0) is 23.1 Å². The Bertz CT molecular complexity index is 412. The quantitative estimate of drug-likeness (QED) is 0.799. The van der Waals surface area contributed by atoms with Gasteiger partial charge in [0.2, 0.25) is 5.91 Å². The van der Waals surface area contributed by atoms with E-state index in [9.17, 15) is 9.90 Å². The molecule has 1 aromatic carbocycles. The molecule has 0 radical (unpaired) electrons. The van der Waals surface area contributed by atoms with E-state index in [-0.39, 0.29) is 23.7 Å². The van der Waals surface area contributed by atoms with Crippen LogP contribution in [0.2, 0.25) is 0 Å². The number of rotatable bonds is 3. The van der Waals surface area contributed by atoms with Crippen molar-refractivity contribution in [1.82, 2.24) is 0 Å². The molecular weight excluding hydrogens is 264 g/mol. The maximum atomic E-state index is 10.9. The third kappa shape index (κ3) is 5.19. The Morgan fingerprint density at radius 3 is 2.11 bits per heavy atom. The normalized spacial score (nSPS) is 14.2. The topological polar surface area (TPSA) is 75.4 Å². The van der Waals surface area contributed by atoms with Crippen LogP contribution >= 0.6 is 12.4 Å². The van der Waals surface area contributed by atoms with Gasteiger partial charge in [0.25, 0.3) is 0 Å². The predicted octanol–water partition coefficient (Wildman–Crippen LogP) is 2.47. The SMILES string of the molecule is CC(=O)Nc1ccc([C@H](N)[C@H](O)C(C)(C)C)cc1.Cl. The van der Waals surface area contributed by atoms with E-state index in [0.29, 0.717) is 0 Å². The van der Waals surface area contributed by atoms with Crippen LogP contribution in [0, 0.1) is 5.41 Å². The van der Waals surface area contributed by atoms with Gasteiger partial charge in [0.05, 0.1) is 12.1 Å². The van der Waals surface area contributed by atoms with Crippen LogP contribution in [0.1, 0.15) is 39.3 Å². The van der Waals surface area contributed by atoms with E-state index in [4.69, 9.17) is 5.73 Å². The minimum Gasteiger partial charge on any atom is -0.391 e. The molecule has 0 aliphatic carbocycles. The monoisotopic (exact) mass is 286 g/mol. The van der Waals surface area contributed by atoms with Crippen molar-refractivity contribution in [3.63, 3.8) is 0 Å². The van der Waals surface area contributed by atoms with Crippen LogP contribution in [0.25, 0.3) is 0 Å². The summed E-state index contributed by atoms with van der Waals surface area (Å²) < 4.78 is 0. The Kier molecular flexibility index (Phi) is 6.49. The summed E-state index contributed by atoms with van der Waals surface area (Å²) in [5, 5.41) is 12.8. The number of benzene rings is 1. The summed E-state index contributed by atoms with van der Waals surface area (Å²) in [5.74, 6) is -0.109. The molecule has 108 valence electrons. The number of carbonyl (C=O) groups excluding carboxylic acids is 1. The van der Waals surface area contributed by atoms with Gasteiger partial charge in [-0.2, -0.15) is 0 Å². The number of halogens is 1. The largest absolute Gasteiger partial charge is 0.391 e. The van der Waals surface area contributed by atoms with Gasteiger partial charge < -0.3 is 16.2 Å². The van der Waals surface area contributed by atoms with Crippen LogP contribution in [0.3, 0.4) is 0 Å². The number of nitrogens with two attached hydrogens (primary N) is 1. The lowest BCUT2D eigenvalue weighted by molar-refractivity contribution is -0.114. The molecule has 0 fully saturated rings. The van der Waals surface area contributed by atoms with E-state index < -0.39 is 12.1 Å². The van der Waals surface area contributed by atoms with Crippen molar-refractivity contribution in [3.05, 3.63) is 29.8 Å². The fraction of sp³-hybridized carbons (Fsp3) is 0.500. The summed E-state index contributed by atoms with van der Waals surface area (Å²) in [6, 6.07) is 6.78. The lowest BCUT2D eigenvalue weighted by Gasteiger charge is -2.31. The summed E-state index contributed by atoms with van der Waals surface area (Å²) in [6.45, 7) is 7.30. The minimum atomic E-state index is -0.621. The molecule has 0 saturated heterocycles. The van der Waals surface area contributed by atoms with Crippen molar-refractivity contribution >= 4 is 24.0 Å². The smallest absolute Gasteiger partial charge is 0.221 e. The number of hydrogen-bond donors (Lipinski definition) is 3. The Balaban J connectivity index is 0.00000324. The maximum absolute atomic E-state index is 10.9. The summed E-state index contributed by atoms with van der Waals surface area (Å²) in [5.41, 5.74) is 7.35. The molecule has 0 aromatic heterocycles. The second-order valence-corrected chi connectivity index (χ2v) is 5.64. The molecule has 1 amide bonds. The lowest BCUT2D eigenvalue weighted by Crippen LogP contribution is -2.36. The molecule has 5 heteroatoms. The maximum Gasteiger partial charge on any atom is 0.221 e. The molecule has 0 spiro atoms. The van der Waals surface area contributed by atoms with Gasteiger partial charge in [-0.15, -0.1) is 12.4 Å². The highest BCUT2D eigenvalue weighted by Gasteiger charge is 2.28. The number of anilines is 1. The fourth-order valence-corrected chi connectivity index (χ4v) is 1.71. The zero-order valence-electron chi connectivity index (χ0n) is 11.8. The van der Waals surface area contributed by atoms with Gasteiger partial charge in [-0.25, -0.2) is 0 Å². The van der Waals surface area contributed by atoms with Crippen LogP contribution in [0.4, 0.5) is 5.69 Å². The molecule has 0 heterocycles. The Morgan fingerprint density at radius 2 is 1.74 bits per heavy atom. The standard InChI is InChI=1S/C14H22N2O2.ClH/c1-9(17)16-11-7-5-10(6-8-11)12(15)13(18)14(2,3)4;/h5-8,12-13,18H,15H2,1-4H3,(H,16,17);1H/t12-,13-;/m0./s1. The summed E-state index contributed by atoms with van der Waals surface area (Å²) >= 11 is 0.